The molecule has 1 heterocycles. The van der Waals surface area contributed by atoms with Gasteiger partial charge in [0.15, 0.2) is 0 Å². The molecule has 0 N–H and O–H groups in total. The average Bonchev–Trinajstić information content (AvgIpc) is 2.87. The van der Waals surface area contributed by atoms with Gasteiger partial charge in [0.1, 0.15) is 5.76 Å². The molecule has 1 aliphatic rings. The van der Waals surface area contributed by atoms with Crippen LogP contribution in [0.5, 0.6) is 0 Å². The summed E-state index contributed by atoms with van der Waals surface area (Å²) in [6, 6.07) is 12.3. The van der Waals surface area contributed by atoms with Crippen LogP contribution in [0.1, 0.15) is 23.8 Å². The summed E-state index contributed by atoms with van der Waals surface area (Å²) >= 11 is 0. The fourth-order valence-electron chi connectivity index (χ4n) is 2.06. The molecule has 1 aromatic carbocycles. The zero-order valence-electron chi connectivity index (χ0n) is 8.53. The van der Waals surface area contributed by atoms with Crippen molar-refractivity contribution in [2.75, 3.05) is 0 Å². The van der Waals surface area contributed by atoms with E-state index in [1.54, 1.807) is 6.26 Å². The first kappa shape index (κ1) is 8.54. The van der Waals surface area contributed by atoms with Crippen LogP contribution in [0.15, 0.2) is 47.1 Å². The Morgan fingerprint density at radius 2 is 1.87 bits per heavy atom. The second-order valence-electron chi connectivity index (χ2n) is 3.75. The Balaban J connectivity index is 2.11. The highest BCUT2D eigenvalue weighted by Gasteiger charge is 2.23. The highest BCUT2D eigenvalue weighted by molar-refractivity contribution is 5.96. The highest BCUT2D eigenvalue weighted by Crippen LogP contribution is 2.40. The van der Waals surface area contributed by atoms with E-state index in [9.17, 15) is 0 Å². The molecule has 0 saturated heterocycles. The van der Waals surface area contributed by atoms with Crippen molar-refractivity contribution < 1.29 is 4.42 Å². The van der Waals surface area contributed by atoms with Crippen LogP contribution in [-0.4, -0.2) is 0 Å². The summed E-state index contributed by atoms with van der Waals surface area (Å²) in [6.45, 7) is 2.14. The summed E-state index contributed by atoms with van der Waals surface area (Å²) in [7, 11) is 0. The smallest absolute Gasteiger partial charge is 0.130 e. The van der Waals surface area contributed by atoms with Gasteiger partial charge < -0.3 is 4.42 Å². The Morgan fingerprint density at radius 1 is 1.00 bits per heavy atom. The van der Waals surface area contributed by atoms with E-state index >= 15 is 0 Å². The molecule has 0 saturated carbocycles. The topological polar surface area (TPSA) is 13.1 Å². The van der Waals surface area contributed by atoms with Crippen molar-refractivity contribution in [2.45, 2.75) is 6.92 Å². The lowest BCUT2D eigenvalue weighted by Crippen LogP contribution is -1.92. The van der Waals surface area contributed by atoms with Crippen molar-refractivity contribution in [1.29, 1.82) is 0 Å². The molecule has 0 atom stereocenters. The maximum Gasteiger partial charge on any atom is 0.130 e. The Kier molecular flexibility index (Phi) is 1.78. The van der Waals surface area contributed by atoms with E-state index in [1.165, 1.54) is 22.6 Å². The predicted molar refractivity (Wildman–Crippen MR) is 61.0 cm³/mol. The van der Waals surface area contributed by atoms with Crippen LogP contribution in [0.2, 0.25) is 0 Å². The van der Waals surface area contributed by atoms with Gasteiger partial charge >= 0.3 is 0 Å². The van der Waals surface area contributed by atoms with Crippen molar-refractivity contribution in [3.05, 3.63) is 65.5 Å². The number of hydrogen-bond donors (Lipinski definition) is 0. The molecule has 1 heteroatoms. The molecule has 1 radical (unpaired) electrons. The zero-order valence-corrected chi connectivity index (χ0v) is 8.53. The lowest BCUT2D eigenvalue weighted by molar-refractivity contribution is 0.553. The molecule has 1 nitrogen and oxygen atoms in total. The van der Waals surface area contributed by atoms with Crippen LogP contribution in [0.25, 0.3) is 11.6 Å². The van der Waals surface area contributed by atoms with Gasteiger partial charge in [-0.3, -0.25) is 0 Å². The van der Waals surface area contributed by atoms with Gasteiger partial charge in [-0.15, -0.1) is 0 Å². The minimum Gasteiger partial charge on any atom is -0.465 e. The summed E-state index contributed by atoms with van der Waals surface area (Å²) in [5, 5.41) is 0. The van der Waals surface area contributed by atoms with Crippen LogP contribution in [0.4, 0.5) is 0 Å². The Bertz CT molecular complexity index is 506. The number of furan rings is 1. The summed E-state index contributed by atoms with van der Waals surface area (Å²) in [4.78, 5) is 0. The quantitative estimate of drug-likeness (QED) is 0.675. The van der Waals surface area contributed by atoms with E-state index in [4.69, 9.17) is 4.42 Å². The second kappa shape index (κ2) is 3.13. The van der Waals surface area contributed by atoms with E-state index in [-0.39, 0.29) is 0 Å². The molecule has 3 rings (SSSR count). The van der Waals surface area contributed by atoms with Crippen molar-refractivity contribution >= 4 is 11.6 Å². The van der Waals surface area contributed by atoms with Crippen LogP contribution in [0.3, 0.4) is 0 Å². The maximum atomic E-state index is 5.43. The minimum atomic E-state index is 0.948. The zero-order chi connectivity index (χ0) is 10.3. The predicted octanol–water partition coefficient (Wildman–Crippen LogP) is 3.78. The molecule has 0 unspecified atom stereocenters. The minimum absolute atomic E-state index is 0.948. The Labute approximate surface area is 89.0 Å². The lowest BCUT2D eigenvalue weighted by Gasteiger charge is -2.07. The summed E-state index contributed by atoms with van der Waals surface area (Å²) < 4.78 is 5.43. The number of allylic oxidation sites excluding steroid dienone is 1. The van der Waals surface area contributed by atoms with Crippen molar-refractivity contribution in [3.8, 4) is 0 Å². The average molecular weight is 195 g/mol. The number of benzene rings is 1. The van der Waals surface area contributed by atoms with E-state index in [2.05, 4.69) is 37.3 Å². The van der Waals surface area contributed by atoms with E-state index in [0.29, 0.717) is 0 Å². The van der Waals surface area contributed by atoms with E-state index in [1.807, 2.05) is 12.1 Å². The fourth-order valence-corrected chi connectivity index (χ4v) is 2.06. The SMILES string of the molecule is C[C]1C(c2ccco2)=Cc2ccccc21. The third-order valence-corrected chi connectivity index (χ3v) is 2.86. The molecule has 2 aromatic rings. The summed E-state index contributed by atoms with van der Waals surface area (Å²) in [5.74, 6) is 2.24. The third kappa shape index (κ3) is 1.23. The van der Waals surface area contributed by atoms with Crippen molar-refractivity contribution in [3.63, 3.8) is 0 Å². The fraction of sp³-hybridized carbons (Fsp3) is 0.0714. The van der Waals surface area contributed by atoms with Gasteiger partial charge in [0, 0.05) is 11.5 Å². The number of hydrogen-bond acceptors (Lipinski definition) is 1. The molecule has 0 bridgehead atoms. The van der Waals surface area contributed by atoms with Gasteiger partial charge in [-0.25, -0.2) is 0 Å². The van der Waals surface area contributed by atoms with Crippen LogP contribution >= 0.6 is 0 Å². The van der Waals surface area contributed by atoms with E-state index in [0.717, 1.165) is 5.76 Å². The van der Waals surface area contributed by atoms with Gasteiger partial charge in [-0.2, -0.15) is 0 Å². The summed E-state index contributed by atoms with van der Waals surface area (Å²) in [6.07, 6.45) is 3.90. The monoisotopic (exact) mass is 195 g/mol. The third-order valence-electron chi connectivity index (χ3n) is 2.86. The van der Waals surface area contributed by atoms with Crippen LogP contribution in [0, 0.1) is 5.92 Å². The molecule has 0 amide bonds. The second-order valence-corrected chi connectivity index (χ2v) is 3.75. The van der Waals surface area contributed by atoms with Gasteiger partial charge in [0.25, 0.3) is 0 Å². The first-order valence-corrected chi connectivity index (χ1v) is 5.05. The molecule has 0 fully saturated rings. The Morgan fingerprint density at radius 3 is 2.60 bits per heavy atom. The normalized spacial score (nSPS) is 15.1. The molecule has 73 valence electrons. The molecular weight excluding hydrogens is 184 g/mol. The van der Waals surface area contributed by atoms with Gasteiger partial charge in [0.2, 0.25) is 0 Å². The molecule has 0 spiro atoms. The molecule has 1 aromatic heterocycles. The van der Waals surface area contributed by atoms with Crippen LogP contribution < -0.4 is 0 Å². The first-order valence-electron chi connectivity index (χ1n) is 5.05. The first-order chi connectivity index (χ1) is 7.36. The molecule has 1 aliphatic carbocycles. The van der Waals surface area contributed by atoms with Gasteiger partial charge in [-0.1, -0.05) is 31.2 Å². The van der Waals surface area contributed by atoms with Gasteiger partial charge in [0.05, 0.1) is 6.26 Å². The van der Waals surface area contributed by atoms with Gasteiger partial charge in [-0.05, 0) is 29.3 Å². The number of fused-ring (bicyclic) bond motifs is 1. The number of rotatable bonds is 1. The van der Waals surface area contributed by atoms with Crippen molar-refractivity contribution in [2.24, 2.45) is 0 Å². The lowest BCUT2D eigenvalue weighted by atomic mass is 9.97. The highest BCUT2D eigenvalue weighted by atomic mass is 16.3. The summed E-state index contributed by atoms with van der Waals surface area (Å²) in [5.41, 5.74) is 3.78. The van der Waals surface area contributed by atoms with Crippen LogP contribution in [-0.2, 0) is 0 Å². The molecule has 0 aliphatic heterocycles. The largest absolute Gasteiger partial charge is 0.465 e. The Hall–Kier alpha value is -1.76. The molecule has 15 heavy (non-hydrogen) atoms. The van der Waals surface area contributed by atoms with E-state index < -0.39 is 0 Å². The maximum absolute atomic E-state index is 5.43. The molecular formula is C14H11O. The van der Waals surface area contributed by atoms with Crippen molar-refractivity contribution in [1.82, 2.24) is 0 Å². The standard InChI is InChI=1S/C14H11O/c1-10-12-6-3-2-5-11(12)9-13(10)14-7-4-8-15-14/h2-9H,1H3.